The van der Waals surface area contributed by atoms with Crippen molar-refractivity contribution in [2.24, 2.45) is 0 Å². The van der Waals surface area contributed by atoms with Crippen molar-refractivity contribution < 1.29 is 4.74 Å². The average Bonchev–Trinajstić information content (AvgIpc) is 3.09. The van der Waals surface area contributed by atoms with E-state index in [0.717, 1.165) is 30.4 Å². The maximum atomic E-state index is 4.97. The zero-order valence-corrected chi connectivity index (χ0v) is 9.07. The molecule has 1 aromatic rings. The molecule has 1 aliphatic rings. The van der Waals surface area contributed by atoms with E-state index in [4.69, 9.17) is 4.74 Å². The molecule has 0 aliphatic heterocycles. The van der Waals surface area contributed by atoms with E-state index < -0.39 is 0 Å². The second kappa shape index (κ2) is 5.19. The largest absolute Gasteiger partial charge is 0.384 e. The average molecular weight is 207 g/mol. The molecule has 82 valence electrons. The zero-order chi connectivity index (χ0) is 10.5. The Labute approximate surface area is 90.1 Å². The number of aromatic nitrogens is 2. The summed E-state index contributed by atoms with van der Waals surface area (Å²) in [5, 5.41) is 3.43. The first-order valence-corrected chi connectivity index (χ1v) is 5.40. The Bertz CT molecular complexity index is 295. The van der Waals surface area contributed by atoms with Gasteiger partial charge in [0.1, 0.15) is 5.82 Å². The van der Waals surface area contributed by atoms with Crippen molar-refractivity contribution in [3.05, 3.63) is 23.8 Å². The molecule has 1 heterocycles. The summed E-state index contributed by atoms with van der Waals surface area (Å²) < 4.78 is 4.97. The number of nitrogens with zero attached hydrogens (tertiary/aromatic N) is 2. The Balaban J connectivity index is 1.79. The maximum Gasteiger partial charge on any atom is 0.130 e. The molecule has 0 atom stereocenters. The summed E-state index contributed by atoms with van der Waals surface area (Å²) in [7, 11) is 1.69. The van der Waals surface area contributed by atoms with Crippen LogP contribution in [0.2, 0.25) is 0 Å². The highest BCUT2D eigenvalue weighted by Gasteiger charge is 2.19. The van der Waals surface area contributed by atoms with Crippen molar-refractivity contribution in [3.8, 4) is 0 Å². The minimum atomic E-state index is 0.680. The number of ether oxygens (including phenoxy) is 1. The highest BCUT2D eigenvalue weighted by molar-refractivity contribution is 5.05. The van der Waals surface area contributed by atoms with Crippen LogP contribution in [-0.2, 0) is 17.7 Å². The molecule has 0 unspecified atom stereocenters. The molecule has 0 saturated heterocycles. The van der Waals surface area contributed by atoms with Crippen LogP contribution in [0.4, 0.5) is 0 Å². The Hall–Kier alpha value is -1.00. The van der Waals surface area contributed by atoms with Crippen LogP contribution in [0.3, 0.4) is 0 Å². The van der Waals surface area contributed by atoms with E-state index in [1.54, 1.807) is 7.11 Å². The molecule has 1 aromatic heterocycles. The summed E-state index contributed by atoms with van der Waals surface area (Å²) in [4.78, 5) is 8.57. The fraction of sp³-hybridized carbons (Fsp3) is 0.636. The molecule has 1 aliphatic carbocycles. The molecule has 1 N–H and O–H groups in total. The maximum absolute atomic E-state index is 4.97. The van der Waals surface area contributed by atoms with Crippen molar-refractivity contribution in [1.82, 2.24) is 15.3 Å². The molecule has 0 bridgehead atoms. The SMILES string of the molecule is COCCc1ncc(CNC2CC2)cn1. The van der Waals surface area contributed by atoms with Gasteiger partial charge in [-0.1, -0.05) is 0 Å². The highest BCUT2D eigenvalue weighted by atomic mass is 16.5. The molecule has 0 amide bonds. The molecule has 15 heavy (non-hydrogen) atoms. The van der Waals surface area contributed by atoms with Crippen molar-refractivity contribution >= 4 is 0 Å². The highest BCUT2D eigenvalue weighted by Crippen LogP contribution is 2.18. The molecule has 1 saturated carbocycles. The molecule has 0 aromatic carbocycles. The van der Waals surface area contributed by atoms with E-state index in [-0.39, 0.29) is 0 Å². The minimum absolute atomic E-state index is 0.680. The van der Waals surface area contributed by atoms with Gasteiger partial charge < -0.3 is 10.1 Å². The normalized spacial score (nSPS) is 15.5. The smallest absolute Gasteiger partial charge is 0.130 e. The van der Waals surface area contributed by atoms with Gasteiger partial charge in [0.05, 0.1) is 6.61 Å². The summed E-state index contributed by atoms with van der Waals surface area (Å²) in [6.07, 6.45) is 7.20. The minimum Gasteiger partial charge on any atom is -0.384 e. The van der Waals surface area contributed by atoms with Gasteiger partial charge in [0, 0.05) is 44.1 Å². The second-order valence-electron chi connectivity index (χ2n) is 3.91. The van der Waals surface area contributed by atoms with Crippen LogP contribution in [0.1, 0.15) is 24.2 Å². The first-order chi connectivity index (χ1) is 7.38. The lowest BCUT2D eigenvalue weighted by molar-refractivity contribution is 0.200. The Kier molecular flexibility index (Phi) is 3.64. The molecule has 4 nitrogen and oxygen atoms in total. The van der Waals surface area contributed by atoms with E-state index in [1.807, 2.05) is 12.4 Å². The lowest BCUT2D eigenvalue weighted by atomic mass is 10.3. The topological polar surface area (TPSA) is 47.0 Å². The fourth-order valence-corrected chi connectivity index (χ4v) is 1.34. The second-order valence-corrected chi connectivity index (χ2v) is 3.91. The fourth-order valence-electron chi connectivity index (χ4n) is 1.34. The van der Waals surface area contributed by atoms with Gasteiger partial charge in [-0.25, -0.2) is 9.97 Å². The number of hydrogen-bond acceptors (Lipinski definition) is 4. The van der Waals surface area contributed by atoms with Crippen molar-refractivity contribution in [1.29, 1.82) is 0 Å². The van der Waals surface area contributed by atoms with Crippen LogP contribution in [0.5, 0.6) is 0 Å². The van der Waals surface area contributed by atoms with Crippen LogP contribution in [0.25, 0.3) is 0 Å². The third-order valence-corrected chi connectivity index (χ3v) is 2.46. The third-order valence-electron chi connectivity index (χ3n) is 2.46. The Morgan fingerprint density at radius 3 is 2.73 bits per heavy atom. The number of rotatable bonds is 6. The van der Waals surface area contributed by atoms with E-state index in [1.165, 1.54) is 12.8 Å². The first kappa shape index (κ1) is 10.5. The van der Waals surface area contributed by atoms with Crippen molar-refractivity contribution in [2.75, 3.05) is 13.7 Å². The molecule has 2 rings (SSSR count). The number of hydrogen-bond donors (Lipinski definition) is 1. The van der Waals surface area contributed by atoms with Crippen LogP contribution in [0.15, 0.2) is 12.4 Å². The van der Waals surface area contributed by atoms with Gasteiger partial charge in [-0.2, -0.15) is 0 Å². The Morgan fingerprint density at radius 2 is 2.13 bits per heavy atom. The van der Waals surface area contributed by atoms with Gasteiger partial charge in [0.15, 0.2) is 0 Å². The van der Waals surface area contributed by atoms with Crippen molar-refractivity contribution in [3.63, 3.8) is 0 Å². The van der Waals surface area contributed by atoms with Crippen LogP contribution < -0.4 is 5.32 Å². The van der Waals surface area contributed by atoms with E-state index >= 15 is 0 Å². The van der Waals surface area contributed by atoms with E-state index in [2.05, 4.69) is 15.3 Å². The standard InChI is InChI=1S/C11H17N3O/c1-15-5-4-11-13-7-9(8-14-11)6-12-10-2-3-10/h7-8,10,12H,2-6H2,1H3. The first-order valence-electron chi connectivity index (χ1n) is 5.40. The zero-order valence-electron chi connectivity index (χ0n) is 9.07. The van der Waals surface area contributed by atoms with Crippen LogP contribution in [-0.4, -0.2) is 29.7 Å². The van der Waals surface area contributed by atoms with Gasteiger partial charge in [-0.3, -0.25) is 0 Å². The number of nitrogens with one attached hydrogen (secondary N) is 1. The quantitative estimate of drug-likeness (QED) is 0.753. The van der Waals surface area contributed by atoms with E-state index in [0.29, 0.717) is 6.61 Å². The van der Waals surface area contributed by atoms with E-state index in [9.17, 15) is 0 Å². The summed E-state index contributed by atoms with van der Waals surface area (Å²) in [5.74, 6) is 0.854. The number of methoxy groups -OCH3 is 1. The molecule has 0 radical (unpaired) electrons. The lowest BCUT2D eigenvalue weighted by Gasteiger charge is -2.03. The summed E-state index contributed by atoms with van der Waals surface area (Å²) in [5.41, 5.74) is 1.16. The lowest BCUT2D eigenvalue weighted by Crippen LogP contribution is -2.15. The summed E-state index contributed by atoms with van der Waals surface area (Å²) in [6, 6.07) is 0.734. The van der Waals surface area contributed by atoms with Gasteiger partial charge in [-0.05, 0) is 12.8 Å². The Morgan fingerprint density at radius 1 is 1.40 bits per heavy atom. The molecule has 0 spiro atoms. The predicted molar refractivity (Wildman–Crippen MR) is 57.5 cm³/mol. The van der Waals surface area contributed by atoms with Gasteiger partial charge in [-0.15, -0.1) is 0 Å². The monoisotopic (exact) mass is 207 g/mol. The third kappa shape index (κ3) is 3.57. The van der Waals surface area contributed by atoms with Gasteiger partial charge >= 0.3 is 0 Å². The van der Waals surface area contributed by atoms with Gasteiger partial charge in [0.2, 0.25) is 0 Å². The molecular weight excluding hydrogens is 190 g/mol. The summed E-state index contributed by atoms with van der Waals surface area (Å²) in [6.45, 7) is 1.56. The molecule has 4 heteroatoms. The predicted octanol–water partition coefficient (Wildman–Crippen LogP) is 0.917. The molecule has 1 fully saturated rings. The van der Waals surface area contributed by atoms with Gasteiger partial charge in [0.25, 0.3) is 0 Å². The summed E-state index contributed by atoms with van der Waals surface area (Å²) >= 11 is 0. The van der Waals surface area contributed by atoms with Crippen LogP contribution >= 0.6 is 0 Å². The van der Waals surface area contributed by atoms with Crippen molar-refractivity contribution in [2.45, 2.75) is 31.8 Å². The van der Waals surface area contributed by atoms with Crippen LogP contribution in [0, 0.1) is 0 Å². The molecular formula is C11H17N3O.